The molecule has 0 saturated carbocycles. The molecular formula is C13H14N2O. The van der Waals surface area contributed by atoms with Crippen molar-refractivity contribution in [3.05, 3.63) is 36.3 Å². The average molecular weight is 214 g/mol. The first-order chi connectivity index (χ1) is 7.74. The molecule has 2 rings (SSSR count). The van der Waals surface area contributed by atoms with Gasteiger partial charge in [0.25, 0.3) is 0 Å². The van der Waals surface area contributed by atoms with Gasteiger partial charge in [-0.3, -0.25) is 4.79 Å². The summed E-state index contributed by atoms with van der Waals surface area (Å²) in [7, 11) is 0. The Morgan fingerprint density at radius 3 is 2.75 bits per heavy atom. The normalized spacial score (nSPS) is 12.6. The summed E-state index contributed by atoms with van der Waals surface area (Å²) in [6.07, 6.45) is 2.31. The summed E-state index contributed by atoms with van der Waals surface area (Å²) in [5.74, 6) is 0.0410. The number of rotatable bonds is 3. The van der Waals surface area contributed by atoms with Crippen molar-refractivity contribution in [1.82, 2.24) is 9.97 Å². The van der Waals surface area contributed by atoms with Crippen LogP contribution in [-0.2, 0) is 4.79 Å². The van der Waals surface area contributed by atoms with Crippen LogP contribution in [-0.4, -0.2) is 15.8 Å². The van der Waals surface area contributed by atoms with E-state index < -0.39 is 0 Å². The van der Waals surface area contributed by atoms with Crippen LogP contribution in [0.5, 0.6) is 0 Å². The number of ketones is 1. The van der Waals surface area contributed by atoms with Crippen molar-refractivity contribution >= 4 is 16.7 Å². The fourth-order valence-corrected chi connectivity index (χ4v) is 1.98. The number of hydrogen-bond acceptors (Lipinski definition) is 3. The number of carbonyl (C=O) groups excluding carboxylic acids is 1. The molecule has 3 nitrogen and oxygen atoms in total. The molecule has 0 saturated heterocycles. The van der Waals surface area contributed by atoms with Gasteiger partial charge >= 0.3 is 0 Å². The van der Waals surface area contributed by atoms with E-state index in [9.17, 15) is 4.79 Å². The second-order valence-electron chi connectivity index (χ2n) is 3.85. The average Bonchev–Trinajstić information content (AvgIpc) is 2.30. The number of benzene rings is 1. The van der Waals surface area contributed by atoms with Crippen molar-refractivity contribution in [2.24, 2.45) is 0 Å². The quantitative estimate of drug-likeness (QED) is 0.789. The fourth-order valence-electron chi connectivity index (χ4n) is 1.98. The van der Waals surface area contributed by atoms with Gasteiger partial charge in [-0.05, 0) is 19.4 Å². The van der Waals surface area contributed by atoms with Gasteiger partial charge in [0.05, 0.1) is 17.1 Å². The summed E-state index contributed by atoms with van der Waals surface area (Å²) < 4.78 is 0. The largest absolute Gasteiger partial charge is 0.299 e. The molecule has 0 aliphatic carbocycles. The Morgan fingerprint density at radius 2 is 2.06 bits per heavy atom. The van der Waals surface area contributed by atoms with Crippen molar-refractivity contribution < 1.29 is 4.79 Å². The molecule has 1 aromatic carbocycles. The highest BCUT2D eigenvalue weighted by atomic mass is 16.1. The Bertz CT molecular complexity index is 517. The minimum absolute atomic E-state index is 0.118. The van der Waals surface area contributed by atoms with E-state index >= 15 is 0 Å². The number of Topliss-reactive ketones (excluding diaryl/α,β-unsaturated/α-hetero) is 1. The van der Waals surface area contributed by atoms with Gasteiger partial charge in [-0.25, -0.2) is 9.97 Å². The lowest BCUT2D eigenvalue weighted by atomic mass is 9.95. The molecule has 2 aromatic rings. The predicted molar refractivity (Wildman–Crippen MR) is 63.3 cm³/mol. The summed E-state index contributed by atoms with van der Waals surface area (Å²) in [4.78, 5) is 20.0. The molecule has 1 heterocycles. The van der Waals surface area contributed by atoms with Gasteiger partial charge in [-0.15, -0.1) is 0 Å². The molecule has 0 radical (unpaired) electrons. The van der Waals surface area contributed by atoms with E-state index in [-0.39, 0.29) is 11.7 Å². The highest BCUT2D eigenvalue weighted by Crippen LogP contribution is 2.25. The Hall–Kier alpha value is -1.77. The van der Waals surface area contributed by atoms with Crippen LogP contribution in [0.25, 0.3) is 10.9 Å². The van der Waals surface area contributed by atoms with Crippen molar-refractivity contribution in [1.29, 1.82) is 0 Å². The van der Waals surface area contributed by atoms with Crippen molar-refractivity contribution in [3.63, 3.8) is 0 Å². The maximum atomic E-state index is 11.6. The molecule has 0 N–H and O–H groups in total. The molecular weight excluding hydrogens is 200 g/mol. The van der Waals surface area contributed by atoms with Gasteiger partial charge in [0.15, 0.2) is 0 Å². The smallest absolute Gasteiger partial charge is 0.138 e. The van der Waals surface area contributed by atoms with E-state index in [1.165, 1.54) is 6.33 Å². The lowest BCUT2D eigenvalue weighted by Crippen LogP contribution is -2.10. The number of nitrogens with zero attached hydrogens (tertiary/aromatic N) is 2. The second-order valence-corrected chi connectivity index (χ2v) is 3.85. The molecule has 1 atom stereocenters. The second kappa shape index (κ2) is 4.39. The Kier molecular flexibility index (Phi) is 2.95. The van der Waals surface area contributed by atoms with Crippen LogP contribution in [0.1, 0.15) is 31.9 Å². The van der Waals surface area contributed by atoms with Gasteiger partial charge in [-0.1, -0.05) is 25.1 Å². The van der Waals surface area contributed by atoms with E-state index in [1.54, 1.807) is 6.92 Å². The molecule has 0 fully saturated rings. The van der Waals surface area contributed by atoms with Crippen LogP contribution in [0.2, 0.25) is 0 Å². The van der Waals surface area contributed by atoms with Gasteiger partial charge in [0.2, 0.25) is 0 Å². The van der Waals surface area contributed by atoms with Crippen molar-refractivity contribution in [2.45, 2.75) is 26.2 Å². The molecule has 0 bridgehead atoms. The third-order valence-corrected chi connectivity index (χ3v) is 2.80. The third-order valence-electron chi connectivity index (χ3n) is 2.80. The maximum absolute atomic E-state index is 11.6. The lowest BCUT2D eigenvalue weighted by Gasteiger charge is -2.12. The maximum Gasteiger partial charge on any atom is 0.138 e. The van der Waals surface area contributed by atoms with Gasteiger partial charge < -0.3 is 0 Å². The minimum Gasteiger partial charge on any atom is -0.299 e. The zero-order chi connectivity index (χ0) is 11.5. The first kappa shape index (κ1) is 10.7. The van der Waals surface area contributed by atoms with Crippen LogP contribution >= 0.6 is 0 Å². The molecule has 0 aliphatic heterocycles. The number of fused-ring (bicyclic) bond motifs is 1. The fraction of sp³-hybridized carbons (Fsp3) is 0.308. The molecule has 0 aliphatic rings. The predicted octanol–water partition coefficient (Wildman–Crippen LogP) is 2.71. The summed E-state index contributed by atoms with van der Waals surface area (Å²) in [5.41, 5.74) is 1.74. The molecule has 1 aromatic heterocycles. The van der Waals surface area contributed by atoms with E-state index in [2.05, 4.69) is 9.97 Å². The summed E-state index contributed by atoms with van der Waals surface area (Å²) in [5, 5.41) is 0.979. The number of hydrogen-bond donors (Lipinski definition) is 0. The molecule has 3 heteroatoms. The molecule has 16 heavy (non-hydrogen) atoms. The monoisotopic (exact) mass is 214 g/mol. The lowest BCUT2D eigenvalue weighted by molar-refractivity contribution is -0.118. The Labute approximate surface area is 94.5 Å². The zero-order valence-corrected chi connectivity index (χ0v) is 9.47. The van der Waals surface area contributed by atoms with Crippen LogP contribution in [0, 0.1) is 0 Å². The van der Waals surface area contributed by atoms with Crippen LogP contribution in [0.15, 0.2) is 30.6 Å². The third kappa shape index (κ3) is 1.81. The molecule has 1 unspecified atom stereocenters. The molecule has 0 spiro atoms. The SMILES string of the molecule is CCC(C(C)=O)c1ncnc2ccccc12. The number of para-hydroxylation sites is 1. The van der Waals surface area contributed by atoms with Gasteiger partial charge in [0.1, 0.15) is 12.1 Å². The minimum atomic E-state index is -0.118. The first-order valence-electron chi connectivity index (χ1n) is 5.44. The first-order valence-corrected chi connectivity index (χ1v) is 5.44. The standard InChI is InChI=1S/C13H14N2O/c1-3-10(9(2)16)13-11-6-4-5-7-12(11)14-8-15-13/h4-8,10H,3H2,1-2H3. The molecule has 0 amide bonds. The topological polar surface area (TPSA) is 42.9 Å². The summed E-state index contributed by atoms with van der Waals surface area (Å²) >= 11 is 0. The highest BCUT2D eigenvalue weighted by Gasteiger charge is 2.18. The van der Waals surface area contributed by atoms with Crippen LogP contribution in [0.4, 0.5) is 0 Å². The van der Waals surface area contributed by atoms with E-state index in [0.29, 0.717) is 0 Å². The summed E-state index contributed by atoms with van der Waals surface area (Å²) in [6.45, 7) is 3.62. The van der Waals surface area contributed by atoms with Crippen molar-refractivity contribution in [2.75, 3.05) is 0 Å². The molecule has 82 valence electrons. The Morgan fingerprint density at radius 1 is 1.31 bits per heavy atom. The Balaban J connectivity index is 2.63. The van der Waals surface area contributed by atoms with Crippen LogP contribution in [0.3, 0.4) is 0 Å². The van der Waals surface area contributed by atoms with Gasteiger partial charge in [0, 0.05) is 5.39 Å². The zero-order valence-electron chi connectivity index (χ0n) is 9.47. The number of aromatic nitrogens is 2. The van der Waals surface area contributed by atoms with E-state index in [0.717, 1.165) is 23.0 Å². The van der Waals surface area contributed by atoms with Crippen molar-refractivity contribution in [3.8, 4) is 0 Å². The number of carbonyl (C=O) groups is 1. The highest BCUT2D eigenvalue weighted by molar-refractivity contribution is 5.89. The van der Waals surface area contributed by atoms with E-state index in [4.69, 9.17) is 0 Å². The van der Waals surface area contributed by atoms with Crippen LogP contribution < -0.4 is 0 Å². The van der Waals surface area contributed by atoms with Gasteiger partial charge in [-0.2, -0.15) is 0 Å². The van der Waals surface area contributed by atoms with E-state index in [1.807, 2.05) is 31.2 Å². The summed E-state index contributed by atoms with van der Waals surface area (Å²) in [6, 6.07) is 7.79.